The molecule has 3 heterocycles. The smallest absolute Gasteiger partial charge is 0.187 e. The van der Waals surface area contributed by atoms with Crippen LogP contribution in [0.25, 0.3) is 0 Å². The average molecular weight is 903 g/mol. The predicted octanol–water partition coefficient (Wildman–Crippen LogP) is -0.701. The topological polar surface area (TPSA) is 292 Å². The van der Waals surface area contributed by atoms with Crippen molar-refractivity contribution < 1.29 is 89.1 Å². The van der Waals surface area contributed by atoms with E-state index in [1.54, 1.807) is 0 Å². The summed E-state index contributed by atoms with van der Waals surface area (Å²) in [5.74, 6) is 0.415. The standard InChI is InChI=1S/C45H74O18/c1-19(18-58-41-38(56)36(54)33(51)29(16-46)61-41)6-9-27(48)20(2)31-28(49)15-26-24-8-7-22-14-23(10-12-44(22,4)25(24)11-13-45(26,31)5)60-43-40(37(55)34(52)30(17-47)62-43)63-42-39(57)35(53)32(50)21(3)59-42/h19-26,29-43,46-47,50-57H,6-18H2,1-5H3/t19-,20+,21+,22+,23+,24-,25+,26+,29-,30-,31+,32+,33-,34-,35-,36+,37+,38-,39-,40-,41-,42+,43-,44+,45+/m1/s1. The first-order chi connectivity index (χ1) is 29.7. The maximum atomic E-state index is 14.0. The molecule has 63 heavy (non-hydrogen) atoms. The number of hydrogen-bond acceptors (Lipinski definition) is 18. The normalized spacial score (nSPS) is 51.2. The second-order valence-corrected chi connectivity index (χ2v) is 20.8. The Morgan fingerprint density at radius 3 is 2.02 bits per heavy atom. The van der Waals surface area contributed by atoms with Crippen LogP contribution in [0.5, 0.6) is 0 Å². The van der Waals surface area contributed by atoms with E-state index in [0.717, 1.165) is 32.1 Å². The molecular formula is C45H74O18. The lowest BCUT2D eigenvalue weighted by molar-refractivity contribution is -0.371. The van der Waals surface area contributed by atoms with Gasteiger partial charge in [-0.15, -0.1) is 0 Å². The molecule has 4 aliphatic carbocycles. The number of ketones is 2. The summed E-state index contributed by atoms with van der Waals surface area (Å²) in [7, 11) is 0. The van der Waals surface area contributed by atoms with Crippen molar-refractivity contribution in [2.75, 3.05) is 19.8 Å². The molecule has 3 saturated heterocycles. The van der Waals surface area contributed by atoms with E-state index < -0.39 is 111 Å². The number of aliphatic hydroxyl groups excluding tert-OH is 10. The molecule has 0 bridgehead atoms. The third-order valence-electron chi connectivity index (χ3n) is 17.1. The van der Waals surface area contributed by atoms with Crippen LogP contribution in [0.1, 0.15) is 98.8 Å². The van der Waals surface area contributed by atoms with Crippen molar-refractivity contribution in [3.05, 3.63) is 0 Å². The Bertz CT molecular complexity index is 1570. The molecule has 0 aromatic carbocycles. The van der Waals surface area contributed by atoms with Crippen LogP contribution < -0.4 is 0 Å². The van der Waals surface area contributed by atoms with Gasteiger partial charge in [-0.3, -0.25) is 9.59 Å². The van der Waals surface area contributed by atoms with E-state index in [4.69, 9.17) is 28.4 Å². The molecule has 0 aromatic heterocycles. The van der Waals surface area contributed by atoms with Gasteiger partial charge in [-0.25, -0.2) is 0 Å². The molecular weight excluding hydrogens is 828 g/mol. The zero-order chi connectivity index (χ0) is 45.9. The van der Waals surface area contributed by atoms with Crippen molar-refractivity contribution >= 4 is 11.6 Å². The summed E-state index contributed by atoms with van der Waals surface area (Å²) in [5.41, 5.74) is -0.335. The molecule has 0 spiro atoms. The Morgan fingerprint density at radius 1 is 0.714 bits per heavy atom. The molecule has 7 aliphatic rings. The van der Waals surface area contributed by atoms with Gasteiger partial charge < -0.3 is 79.5 Å². The first kappa shape index (κ1) is 49.6. The van der Waals surface area contributed by atoms with E-state index in [-0.39, 0.29) is 65.2 Å². The SMILES string of the molecule is C[C@H](CCC(=O)[C@H](C)[C@H]1C(=O)C[C@H]2[C@@H]3CC[C@H]4C[C@@H](O[C@@H]5O[C@H](CO)[C@@H](O)[C@H](O)[C@H]5O[C@@H]5O[C@@H](C)[C@H](O)[C@@H](O)[C@H]5O)CC[C@]4(C)[C@H]3CC[C@]12C)CO[C@@H]1O[C@H](CO)[C@@H](O)[C@H](O)[C@H]1O. The van der Waals surface area contributed by atoms with Gasteiger partial charge >= 0.3 is 0 Å². The molecule has 362 valence electrons. The second-order valence-electron chi connectivity index (χ2n) is 20.8. The summed E-state index contributed by atoms with van der Waals surface area (Å²) in [5, 5.41) is 103. The highest BCUT2D eigenvalue weighted by atomic mass is 16.8. The van der Waals surface area contributed by atoms with Crippen molar-refractivity contribution in [3.63, 3.8) is 0 Å². The third kappa shape index (κ3) is 9.33. The third-order valence-corrected chi connectivity index (χ3v) is 17.1. The molecule has 0 amide bonds. The minimum absolute atomic E-state index is 0.0275. The summed E-state index contributed by atoms with van der Waals surface area (Å²) in [4.78, 5) is 27.8. The lowest BCUT2D eigenvalue weighted by Gasteiger charge is -2.61. The van der Waals surface area contributed by atoms with Crippen molar-refractivity contribution in [2.24, 2.45) is 52.3 Å². The van der Waals surface area contributed by atoms with Gasteiger partial charge in [-0.2, -0.15) is 0 Å². The first-order valence-corrected chi connectivity index (χ1v) is 23.4. The number of carbonyl (C=O) groups is 2. The second kappa shape index (κ2) is 19.7. The van der Waals surface area contributed by atoms with Crippen LogP contribution in [0.4, 0.5) is 0 Å². The van der Waals surface area contributed by atoms with Gasteiger partial charge in [-0.05, 0) is 98.7 Å². The van der Waals surface area contributed by atoms with Crippen molar-refractivity contribution in [1.29, 1.82) is 0 Å². The van der Waals surface area contributed by atoms with Gasteiger partial charge in [0.2, 0.25) is 0 Å². The van der Waals surface area contributed by atoms with Crippen LogP contribution in [0.15, 0.2) is 0 Å². The van der Waals surface area contributed by atoms with Gasteiger partial charge in [0.15, 0.2) is 18.9 Å². The Hall–Kier alpha value is -1.30. The molecule has 7 rings (SSSR count). The van der Waals surface area contributed by atoms with E-state index in [2.05, 4.69) is 13.8 Å². The van der Waals surface area contributed by atoms with Crippen LogP contribution in [-0.2, 0) is 38.0 Å². The molecule has 3 aliphatic heterocycles. The highest BCUT2D eigenvalue weighted by Crippen LogP contribution is 2.68. The highest BCUT2D eigenvalue weighted by Gasteiger charge is 2.64. The summed E-state index contributed by atoms with van der Waals surface area (Å²) >= 11 is 0. The molecule has 7 fully saturated rings. The zero-order valence-electron chi connectivity index (χ0n) is 37.2. The number of fused-ring (bicyclic) bond motifs is 5. The van der Waals surface area contributed by atoms with Gasteiger partial charge in [0.05, 0.1) is 32.0 Å². The van der Waals surface area contributed by atoms with E-state index >= 15 is 0 Å². The zero-order valence-corrected chi connectivity index (χ0v) is 37.2. The molecule has 25 atom stereocenters. The lowest BCUT2D eigenvalue weighted by atomic mass is 9.44. The number of ether oxygens (including phenoxy) is 6. The fraction of sp³-hybridized carbons (Fsp3) is 0.956. The minimum Gasteiger partial charge on any atom is -0.394 e. The summed E-state index contributed by atoms with van der Waals surface area (Å²) < 4.78 is 35.2. The number of rotatable bonds is 14. The minimum atomic E-state index is -1.66. The van der Waals surface area contributed by atoms with Crippen LogP contribution in [0.2, 0.25) is 0 Å². The van der Waals surface area contributed by atoms with Gasteiger partial charge in [0, 0.05) is 24.7 Å². The number of carbonyl (C=O) groups excluding carboxylic acids is 2. The van der Waals surface area contributed by atoms with Gasteiger partial charge in [0.25, 0.3) is 0 Å². The quantitative estimate of drug-likeness (QED) is 0.0965. The number of hydrogen-bond donors (Lipinski definition) is 10. The Balaban J connectivity index is 0.945. The molecule has 0 aromatic rings. The van der Waals surface area contributed by atoms with Crippen molar-refractivity contribution in [1.82, 2.24) is 0 Å². The molecule has 18 nitrogen and oxygen atoms in total. The number of aliphatic hydroxyl groups is 10. The molecule has 10 N–H and O–H groups in total. The van der Waals surface area contributed by atoms with E-state index in [0.29, 0.717) is 37.5 Å². The molecule has 4 saturated carbocycles. The summed E-state index contributed by atoms with van der Waals surface area (Å²) in [6.07, 6.45) is -14.0. The molecule has 0 radical (unpaired) electrons. The van der Waals surface area contributed by atoms with Gasteiger partial charge in [-0.1, -0.05) is 27.7 Å². The fourth-order valence-electron chi connectivity index (χ4n) is 13.2. The monoisotopic (exact) mass is 902 g/mol. The summed E-state index contributed by atoms with van der Waals surface area (Å²) in [6.45, 7) is 8.85. The first-order valence-electron chi connectivity index (χ1n) is 23.4. The van der Waals surface area contributed by atoms with Crippen LogP contribution in [-0.4, -0.2) is 181 Å². The van der Waals surface area contributed by atoms with Crippen molar-refractivity contribution in [2.45, 2.75) is 197 Å². The van der Waals surface area contributed by atoms with Crippen LogP contribution >= 0.6 is 0 Å². The largest absolute Gasteiger partial charge is 0.394 e. The molecule has 18 heteroatoms. The maximum Gasteiger partial charge on any atom is 0.187 e. The fourth-order valence-corrected chi connectivity index (χ4v) is 13.2. The Labute approximate surface area is 369 Å². The van der Waals surface area contributed by atoms with Crippen LogP contribution in [0, 0.1) is 52.3 Å². The molecule has 0 unspecified atom stereocenters. The average Bonchev–Trinajstić information content (AvgIpc) is 3.54. The summed E-state index contributed by atoms with van der Waals surface area (Å²) in [6, 6.07) is 0. The van der Waals surface area contributed by atoms with E-state index in [9.17, 15) is 60.7 Å². The van der Waals surface area contributed by atoms with E-state index in [1.165, 1.54) is 6.92 Å². The Morgan fingerprint density at radius 2 is 1.33 bits per heavy atom. The number of Topliss-reactive ketones (excluding diaryl/α,β-unsaturated/α-hetero) is 2. The maximum absolute atomic E-state index is 14.0. The van der Waals surface area contributed by atoms with E-state index in [1.807, 2.05) is 13.8 Å². The van der Waals surface area contributed by atoms with Gasteiger partial charge in [0.1, 0.15) is 78.7 Å². The Kier molecular flexibility index (Phi) is 15.5. The highest BCUT2D eigenvalue weighted by molar-refractivity contribution is 5.92. The lowest BCUT2D eigenvalue weighted by Crippen LogP contribution is -2.64. The predicted molar refractivity (Wildman–Crippen MR) is 218 cm³/mol. The van der Waals surface area contributed by atoms with Crippen LogP contribution in [0.3, 0.4) is 0 Å². The van der Waals surface area contributed by atoms with Crippen molar-refractivity contribution in [3.8, 4) is 0 Å².